The minimum Gasteiger partial charge on any atom is -0.396 e. The SMILES string of the molecule is [C-]#[N+]c1ncn2cc(-c3c(F)ccc(N)c3F)ccc12. The average Bonchev–Trinajstić information content (AvgIpc) is 2.86. The molecule has 0 spiro atoms. The molecule has 3 aromatic rings. The highest BCUT2D eigenvalue weighted by Crippen LogP contribution is 2.30. The Balaban J connectivity index is 2.26. The molecule has 0 atom stereocenters. The highest BCUT2D eigenvalue weighted by atomic mass is 19.1. The third-order valence-corrected chi connectivity index (χ3v) is 3.03. The molecule has 3 rings (SSSR count). The van der Waals surface area contributed by atoms with Gasteiger partial charge in [-0.1, -0.05) is 12.6 Å². The van der Waals surface area contributed by atoms with E-state index in [1.807, 2.05) is 0 Å². The van der Waals surface area contributed by atoms with Gasteiger partial charge in [0.2, 0.25) is 0 Å². The first-order valence-corrected chi connectivity index (χ1v) is 5.70. The van der Waals surface area contributed by atoms with E-state index in [0.717, 1.165) is 6.07 Å². The molecule has 2 heterocycles. The van der Waals surface area contributed by atoms with Crippen LogP contribution in [0.4, 0.5) is 20.3 Å². The summed E-state index contributed by atoms with van der Waals surface area (Å²) in [7, 11) is 0. The lowest BCUT2D eigenvalue weighted by atomic mass is 10.1. The molecule has 0 radical (unpaired) electrons. The number of halogens is 2. The topological polar surface area (TPSA) is 47.7 Å². The number of nitrogens with two attached hydrogens (primary N) is 1. The van der Waals surface area contributed by atoms with Crippen LogP contribution in [0.25, 0.3) is 21.5 Å². The zero-order valence-corrected chi connectivity index (χ0v) is 10.1. The Morgan fingerprint density at radius 3 is 2.75 bits per heavy atom. The van der Waals surface area contributed by atoms with Crippen molar-refractivity contribution < 1.29 is 8.78 Å². The van der Waals surface area contributed by atoms with Crippen molar-refractivity contribution in [1.29, 1.82) is 0 Å². The molecular weight excluding hydrogens is 262 g/mol. The molecule has 1 aromatic carbocycles. The van der Waals surface area contributed by atoms with Gasteiger partial charge in [0.25, 0.3) is 5.82 Å². The van der Waals surface area contributed by atoms with Gasteiger partial charge in [-0.2, -0.15) is 0 Å². The van der Waals surface area contributed by atoms with E-state index in [1.165, 1.54) is 24.7 Å². The second-order valence-electron chi connectivity index (χ2n) is 4.22. The van der Waals surface area contributed by atoms with Crippen LogP contribution in [0.1, 0.15) is 0 Å². The van der Waals surface area contributed by atoms with Crippen molar-refractivity contribution in [2.75, 3.05) is 5.73 Å². The smallest absolute Gasteiger partial charge is 0.295 e. The first kappa shape index (κ1) is 12.1. The fraction of sp³-hybridized carbons (Fsp3) is 0. The van der Waals surface area contributed by atoms with Crippen molar-refractivity contribution >= 4 is 17.0 Å². The Hall–Kier alpha value is -2.94. The Morgan fingerprint density at radius 1 is 1.20 bits per heavy atom. The van der Waals surface area contributed by atoms with Crippen molar-refractivity contribution in [3.05, 3.63) is 59.8 Å². The molecule has 2 N–H and O–H groups in total. The van der Waals surface area contributed by atoms with Crippen LogP contribution in [0.15, 0.2) is 36.8 Å². The predicted octanol–water partition coefficient (Wildman–Crippen LogP) is 3.41. The number of pyridine rings is 1. The van der Waals surface area contributed by atoms with E-state index in [2.05, 4.69) is 9.83 Å². The van der Waals surface area contributed by atoms with Crippen molar-refractivity contribution in [3.8, 4) is 11.1 Å². The van der Waals surface area contributed by atoms with E-state index in [1.54, 1.807) is 10.5 Å². The minimum absolute atomic E-state index is 0.117. The lowest BCUT2D eigenvalue weighted by Crippen LogP contribution is -1.97. The monoisotopic (exact) mass is 270 g/mol. The Bertz CT molecular complexity index is 861. The van der Waals surface area contributed by atoms with Gasteiger partial charge < -0.3 is 10.6 Å². The van der Waals surface area contributed by atoms with Crippen molar-refractivity contribution in [2.45, 2.75) is 0 Å². The van der Waals surface area contributed by atoms with Crippen LogP contribution in [0.2, 0.25) is 0 Å². The van der Waals surface area contributed by atoms with Gasteiger partial charge >= 0.3 is 0 Å². The lowest BCUT2D eigenvalue weighted by Gasteiger charge is -2.08. The molecular formula is C14H8F2N4. The van der Waals surface area contributed by atoms with Gasteiger partial charge in [-0.05, 0) is 18.2 Å². The molecule has 20 heavy (non-hydrogen) atoms. The lowest BCUT2D eigenvalue weighted by molar-refractivity contribution is 0.592. The fourth-order valence-corrected chi connectivity index (χ4v) is 2.05. The quantitative estimate of drug-likeness (QED) is 0.544. The zero-order valence-electron chi connectivity index (χ0n) is 10.1. The maximum Gasteiger partial charge on any atom is 0.295 e. The summed E-state index contributed by atoms with van der Waals surface area (Å²) in [5.41, 5.74) is 6.06. The van der Waals surface area contributed by atoms with Gasteiger partial charge in [0.1, 0.15) is 5.82 Å². The highest BCUT2D eigenvalue weighted by molar-refractivity contribution is 5.74. The van der Waals surface area contributed by atoms with Crippen molar-refractivity contribution in [3.63, 3.8) is 0 Å². The maximum absolute atomic E-state index is 14.0. The maximum atomic E-state index is 14.0. The number of hydrogen-bond acceptors (Lipinski definition) is 2. The van der Waals surface area contributed by atoms with E-state index in [-0.39, 0.29) is 17.1 Å². The van der Waals surface area contributed by atoms with Crippen molar-refractivity contribution in [2.24, 2.45) is 0 Å². The standard InChI is InChI=1S/C14H8F2N4/c1-18-14-11-5-2-8(6-20(11)7-19-14)12-9(15)3-4-10(17)13(12)16/h2-7H,17H2. The number of nitrogens with zero attached hydrogens (tertiary/aromatic N) is 3. The summed E-state index contributed by atoms with van der Waals surface area (Å²) in [6, 6.07) is 5.43. The molecule has 0 aliphatic rings. The van der Waals surface area contributed by atoms with Gasteiger partial charge in [0.15, 0.2) is 12.1 Å². The van der Waals surface area contributed by atoms with E-state index in [0.29, 0.717) is 11.1 Å². The number of hydrogen-bond donors (Lipinski definition) is 1. The zero-order chi connectivity index (χ0) is 14.3. The summed E-state index contributed by atoms with van der Waals surface area (Å²) in [6.45, 7) is 6.97. The second-order valence-corrected chi connectivity index (χ2v) is 4.22. The first-order chi connectivity index (χ1) is 9.61. The van der Waals surface area contributed by atoms with Crippen LogP contribution in [0.3, 0.4) is 0 Å². The number of aromatic nitrogens is 2. The molecule has 0 aliphatic heterocycles. The number of anilines is 1. The molecule has 0 saturated carbocycles. The third-order valence-electron chi connectivity index (χ3n) is 3.03. The van der Waals surface area contributed by atoms with Crippen LogP contribution in [-0.4, -0.2) is 9.38 Å². The highest BCUT2D eigenvalue weighted by Gasteiger charge is 2.15. The molecule has 0 fully saturated rings. The van der Waals surface area contributed by atoms with Crippen molar-refractivity contribution in [1.82, 2.24) is 9.38 Å². The Labute approximate surface area is 112 Å². The van der Waals surface area contributed by atoms with Crippen LogP contribution >= 0.6 is 0 Å². The molecule has 2 aromatic heterocycles. The van der Waals surface area contributed by atoms with E-state index in [9.17, 15) is 8.78 Å². The molecule has 0 bridgehead atoms. The van der Waals surface area contributed by atoms with Gasteiger partial charge in [-0.15, -0.1) is 4.98 Å². The van der Waals surface area contributed by atoms with E-state index in [4.69, 9.17) is 12.3 Å². The molecule has 0 saturated heterocycles. The Morgan fingerprint density at radius 2 is 2.00 bits per heavy atom. The Kier molecular flexibility index (Phi) is 2.61. The molecule has 0 unspecified atom stereocenters. The second kappa shape index (κ2) is 4.31. The summed E-state index contributed by atoms with van der Waals surface area (Å²) in [5, 5.41) is 0. The number of fused-ring (bicyclic) bond motifs is 1. The van der Waals surface area contributed by atoms with Gasteiger partial charge in [-0.25, -0.2) is 8.78 Å². The summed E-state index contributed by atoms with van der Waals surface area (Å²) >= 11 is 0. The summed E-state index contributed by atoms with van der Waals surface area (Å²) < 4.78 is 29.3. The molecule has 98 valence electrons. The van der Waals surface area contributed by atoms with Crippen LogP contribution in [-0.2, 0) is 0 Å². The third kappa shape index (κ3) is 1.68. The molecule has 0 aliphatic carbocycles. The average molecular weight is 270 g/mol. The van der Waals surface area contributed by atoms with Crippen LogP contribution in [0, 0.1) is 18.2 Å². The normalized spacial score (nSPS) is 10.7. The number of imidazole rings is 1. The summed E-state index contributed by atoms with van der Waals surface area (Å²) in [5.74, 6) is -1.25. The molecule has 0 amide bonds. The van der Waals surface area contributed by atoms with E-state index < -0.39 is 11.6 Å². The number of nitrogen functional groups attached to an aromatic ring is 1. The number of benzene rings is 1. The summed E-state index contributed by atoms with van der Waals surface area (Å²) in [4.78, 5) is 7.17. The molecule has 4 nitrogen and oxygen atoms in total. The van der Waals surface area contributed by atoms with Crippen LogP contribution < -0.4 is 5.73 Å². The van der Waals surface area contributed by atoms with Gasteiger partial charge in [0.05, 0.1) is 16.8 Å². The van der Waals surface area contributed by atoms with Crippen LogP contribution in [0.5, 0.6) is 0 Å². The fourth-order valence-electron chi connectivity index (χ4n) is 2.05. The first-order valence-electron chi connectivity index (χ1n) is 5.70. The number of rotatable bonds is 1. The van der Waals surface area contributed by atoms with Gasteiger partial charge in [-0.3, -0.25) is 4.40 Å². The van der Waals surface area contributed by atoms with E-state index >= 15 is 0 Å². The largest absolute Gasteiger partial charge is 0.396 e. The summed E-state index contributed by atoms with van der Waals surface area (Å²) in [6.07, 6.45) is 2.94. The minimum atomic E-state index is -0.796. The van der Waals surface area contributed by atoms with Gasteiger partial charge in [0, 0.05) is 11.8 Å². The molecule has 6 heteroatoms. The predicted molar refractivity (Wildman–Crippen MR) is 71.2 cm³/mol.